The van der Waals surface area contributed by atoms with Crippen molar-refractivity contribution in [1.29, 1.82) is 0 Å². The predicted molar refractivity (Wildman–Crippen MR) is 125 cm³/mol. The summed E-state index contributed by atoms with van der Waals surface area (Å²) >= 11 is 0. The van der Waals surface area contributed by atoms with Crippen molar-refractivity contribution >= 4 is 18.3 Å². The summed E-state index contributed by atoms with van der Waals surface area (Å²) in [5.41, 5.74) is 19.1. The van der Waals surface area contributed by atoms with Crippen LogP contribution >= 0.6 is 12.4 Å². The fourth-order valence-corrected chi connectivity index (χ4v) is 3.90. The molecule has 7 nitrogen and oxygen atoms in total. The Morgan fingerprint density at radius 2 is 1.58 bits per heavy atom. The largest absolute Gasteiger partial charge is 0.326 e. The number of imidazole rings is 1. The van der Waals surface area contributed by atoms with Crippen LogP contribution in [0, 0.1) is 0 Å². The van der Waals surface area contributed by atoms with Crippen LogP contribution in [0.25, 0.3) is 17.1 Å². The second kappa shape index (κ2) is 10.5. The molecule has 164 valence electrons. The van der Waals surface area contributed by atoms with Gasteiger partial charge in [-0.15, -0.1) is 12.4 Å². The van der Waals surface area contributed by atoms with E-state index in [0.29, 0.717) is 24.6 Å². The van der Waals surface area contributed by atoms with E-state index in [1.165, 1.54) is 6.42 Å². The number of hydrogen-bond acceptors (Lipinski definition) is 5. The topological polar surface area (TPSA) is 102 Å². The molecule has 2 aromatic carbocycles. The van der Waals surface area contributed by atoms with Gasteiger partial charge in [-0.1, -0.05) is 48.9 Å². The van der Waals surface area contributed by atoms with Crippen molar-refractivity contribution in [2.45, 2.75) is 32.4 Å². The Morgan fingerprint density at radius 1 is 0.935 bits per heavy atom. The molecule has 3 aromatic rings. The molecule has 1 aliphatic rings. The summed E-state index contributed by atoms with van der Waals surface area (Å²) in [5, 5.41) is 1.98. The highest BCUT2D eigenvalue weighted by atomic mass is 35.5. The van der Waals surface area contributed by atoms with E-state index >= 15 is 0 Å². The highest BCUT2D eigenvalue weighted by molar-refractivity contribution is 5.92. The molecule has 1 saturated heterocycles. The van der Waals surface area contributed by atoms with Gasteiger partial charge in [-0.25, -0.2) is 9.99 Å². The third-order valence-corrected chi connectivity index (χ3v) is 5.50. The third-order valence-electron chi connectivity index (χ3n) is 5.50. The summed E-state index contributed by atoms with van der Waals surface area (Å²) < 4.78 is 1.95. The standard InChI is InChI=1S/C23H28N6O.ClH/c24-14-17-8-2-4-10-19(17)22-26-20(23(30)27-28-12-6-1-7-13-28)16-29(22)21-11-5-3-9-18(21)15-25;/h2-5,8-11,16H,1,6-7,12-15,24-25H2,(H,27,30);1H. The summed E-state index contributed by atoms with van der Waals surface area (Å²) in [7, 11) is 0. The number of amides is 1. The maximum absolute atomic E-state index is 13.0. The van der Waals surface area contributed by atoms with Crippen molar-refractivity contribution < 1.29 is 4.79 Å². The third kappa shape index (κ3) is 4.97. The van der Waals surface area contributed by atoms with Crippen molar-refractivity contribution in [3.63, 3.8) is 0 Å². The first-order valence-corrected chi connectivity index (χ1v) is 10.4. The molecular weight excluding hydrogens is 412 g/mol. The van der Waals surface area contributed by atoms with Crippen molar-refractivity contribution in [3.05, 3.63) is 71.5 Å². The van der Waals surface area contributed by atoms with Gasteiger partial charge in [0.15, 0.2) is 0 Å². The lowest BCUT2D eigenvalue weighted by Gasteiger charge is -2.26. The molecule has 1 aromatic heterocycles. The Bertz CT molecular complexity index is 963. The number of aromatic nitrogens is 2. The number of hydrogen-bond donors (Lipinski definition) is 3. The first kappa shape index (κ1) is 23.0. The number of halogens is 1. The number of hydrazine groups is 1. The van der Waals surface area contributed by atoms with E-state index in [9.17, 15) is 4.79 Å². The fourth-order valence-electron chi connectivity index (χ4n) is 3.90. The van der Waals surface area contributed by atoms with Crippen LogP contribution in [0.15, 0.2) is 54.7 Å². The number of carbonyl (C=O) groups excluding carboxylic acids is 1. The minimum Gasteiger partial charge on any atom is -0.326 e. The molecule has 0 radical (unpaired) electrons. The summed E-state index contributed by atoms with van der Waals surface area (Å²) in [6, 6.07) is 15.8. The van der Waals surface area contributed by atoms with Crippen molar-refractivity contribution in [1.82, 2.24) is 20.0 Å². The molecule has 0 unspecified atom stereocenters. The highest BCUT2D eigenvalue weighted by Gasteiger charge is 2.21. The molecule has 8 heteroatoms. The molecule has 0 spiro atoms. The lowest BCUT2D eigenvalue weighted by Crippen LogP contribution is -2.45. The Balaban J connectivity index is 0.00000272. The van der Waals surface area contributed by atoms with Gasteiger partial charge in [0, 0.05) is 37.9 Å². The van der Waals surface area contributed by atoms with Crippen LogP contribution in [0.3, 0.4) is 0 Å². The normalized spacial score (nSPS) is 14.1. The second-order valence-electron chi connectivity index (χ2n) is 7.50. The van der Waals surface area contributed by atoms with E-state index in [2.05, 4.69) is 5.43 Å². The van der Waals surface area contributed by atoms with Crippen molar-refractivity contribution in [3.8, 4) is 17.1 Å². The Labute approximate surface area is 188 Å². The number of benzene rings is 2. The van der Waals surface area contributed by atoms with Gasteiger partial charge in [0.1, 0.15) is 11.5 Å². The number of nitrogens with two attached hydrogens (primary N) is 2. The minimum atomic E-state index is -0.202. The zero-order valence-electron chi connectivity index (χ0n) is 17.5. The van der Waals surface area contributed by atoms with Gasteiger partial charge in [-0.3, -0.25) is 14.8 Å². The number of piperidine rings is 1. The fraction of sp³-hybridized carbons (Fsp3) is 0.304. The molecule has 2 heterocycles. The zero-order chi connectivity index (χ0) is 20.9. The first-order chi connectivity index (χ1) is 14.7. The van der Waals surface area contributed by atoms with E-state index < -0.39 is 0 Å². The highest BCUT2D eigenvalue weighted by Crippen LogP contribution is 2.28. The van der Waals surface area contributed by atoms with Crippen LogP contribution < -0.4 is 16.9 Å². The van der Waals surface area contributed by atoms with Crippen LogP contribution in [-0.2, 0) is 13.1 Å². The van der Waals surface area contributed by atoms with Gasteiger partial charge in [-0.05, 0) is 30.0 Å². The molecule has 1 amide bonds. The van der Waals surface area contributed by atoms with Crippen LogP contribution in [0.2, 0.25) is 0 Å². The van der Waals surface area contributed by atoms with E-state index in [0.717, 1.165) is 48.3 Å². The summed E-state index contributed by atoms with van der Waals surface area (Å²) in [6.45, 7) is 2.51. The first-order valence-electron chi connectivity index (χ1n) is 10.4. The molecule has 0 saturated carbocycles. The number of rotatable bonds is 6. The Morgan fingerprint density at radius 3 is 2.29 bits per heavy atom. The molecule has 4 rings (SSSR count). The Hall–Kier alpha value is -2.71. The van der Waals surface area contributed by atoms with Gasteiger partial charge >= 0.3 is 0 Å². The number of para-hydroxylation sites is 1. The molecule has 1 fully saturated rings. The number of nitrogens with one attached hydrogen (secondary N) is 1. The lowest BCUT2D eigenvalue weighted by atomic mass is 10.1. The lowest BCUT2D eigenvalue weighted by molar-refractivity contribution is 0.0745. The minimum absolute atomic E-state index is 0. The molecule has 1 aliphatic heterocycles. The second-order valence-corrected chi connectivity index (χ2v) is 7.50. The SMILES string of the molecule is Cl.NCc1ccccc1-c1nc(C(=O)NN2CCCCC2)cn1-c1ccccc1CN. The van der Waals surface area contributed by atoms with Gasteiger partial charge in [-0.2, -0.15) is 0 Å². The molecule has 31 heavy (non-hydrogen) atoms. The maximum Gasteiger partial charge on any atom is 0.285 e. The van der Waals surface area contributed by atoms with Gasteiger partial charge in [0.2, 0.25) is 0 Å². The monoisotopic (exact) mass is 440 g/mol. The molecule has 0 aliphatic carbocycles. The van der Waals surface area contributed by atoms with Crippen molar-refractivity contribution in [2.24, 2.45) is 11.5 Å². The summed E-state index contributed by atoms with van der Waals surface area (Å²) in [5.74, 6) is 0.480. The zero-order valence-corrected chi connectivity index (χ0v) is 18.3. The smallest absolute Gasteiger partial charge is 0.285 e. The molecule has 0 atom stereocenters. The Kier molecular flexibility index (Phi) is 7.81. The molecular formula is C23H29ClN6O. The summed E-state index contributed by atoms with van der Waals surface area (Å²) in [6.07, 6.45) is 5.18. The van der Waals surface area contributed by atoms with Crippen LogP contribution in [0.5, 0.6) is 0 Å². The average molecular weight is 441 g/mol. The van der Waals surface area contributed by atoms with E-state index in [4.69, 9.17) is 16.5 Å². The number of nitrogens with zero attached hydrogens (tertiary/aromatic N) is 3. The van der Waals surface area contributed by atoms with Crippen LogP contribution in [0.4, 0.5) is 0 Å². The van der Waals surface area contributed by atoms with Gasteiger partial charge < -0.3 is 11.5 Å². The van der Waals surface area contributed by atoms with Crippen LogP contribution in [-0.4, -0.2) is 33.6 Å². The van der Waals surface area contributed by atoms with E-state index in [1.807, 2.05) is 58.1 Å². The van der Waals surface area contributed by atoms with Gasteiger partial charge in [0.05, 0.1) is 5.69 Å². The maximum atomic E-state index is 13.0. The molecule has 0 bridgehead atoms. The van der Waals surface area contributed by atoms with Crippen LogP contribution in [0.1, 0.15) is 40.9 Å². The van der Waals surface area contributed by atoms with Gasteiger partial charge in [0.25, 0.3) is 5.91 Å². The predicted octanol–water partition coefficient (Wildman–Crippen LogP) is 3.01. The number of carbonyl (C=O) groups is 1. The average Bonchev–Trinajstić information content (AvgIpc) is 3.25. The summed E-state index contributed by atoms with van der Waals surface area (Å²) in [4.78, 5) is 17.7. The van der Waals surface area contributed by atoms with E-state index in [-0.39, 0.29) is 18.3 Å². The quantitative estimate of drug-likeness (QED) is 0.546. The van der Waals surface area contributed by atoms with E-state index in [1.54, 1.807) is 6.20 Å². The van der Waals surface area contributed by atoms with Crippen molar-refractivity contribution in [2.75, 3.05) is 13.1 Å². The molecule has 5 N–H and O–H groups in total.